The number of anilines is 1. The number of fused-ring (bicyclic) bond motifs is 1. The summed E-state index contributed by atoms with van der Waals surface area (Å²) < 4.78 is 0. The number of benzene rings is 3. The van der Waals surface area contributed by atoms with Gasteiger partial charge in [0.25, 0.3) is 0 Å². The zero-order valence-corrected chi connectivity index (χ0v) is 18.3. The summed E-state index contributed by atoms with van der Waals surface area (Å²) in [6.07, 6.45) is 1.92. The number of likely N-dealkylation sites (tertiary alicyclic amines) is 1. The predicted molar refractivity (Wildman–Crippen MR) is 129 cm³/mol. The lowest BCUT2D eigenvalue weighted by atomic mass is 10.0. The van der Waals surface area contributed by atoms with Crippen LogP contribution >= 0.6 is 0 Å². The van der Waals surface area contributed by atoms with Crippen LogP contribution in [0.2, 0.25) is 0 Å². The van der Waals surface area contributed by atoms with Crippen molar-refractivity contribution in [3.63, 3.8) is 0 Å². The zero-order valence-electron chi connectivity index (χ0n) is 18.3. The third-order valence-electron chi connectivity index (χ3n) is 6.18. The summed E-state index contributed by atoms with van der Waals surface area (Å²) in [5.74, 6) is 0.163. The van der Waals surface area contributed by atoms with E-state index in [1.54, 1.807) is 16.0 Å². The van der Waals surface area contributed by atoms with Gasteiger partial charge in [0, 0.05) is 25.7 Å². The van der Waals surface area contributed by atoms with E-state index in [0.29, 0.717) is 25.5 Å². The normalized spacial score (nSPS) is 15.7. The third-order valence-corrected chi connectivity index (χ3v) is 6.18. The molecule has 0 aliphatic carbocycles. The first-order valence-corrected chi connectivity index (χ1v) is 11.2. The van der Waals surface area contributed by atoms with Crippen molar-refractivity contribution in [3.05, 3.63) is 108 Å². The van der Waals surface area contributed by atoms with Gasteiger partial charge in [-0.05, 0) is 34.0 Å². The molecule has 0 bridgehead atoms. The number of carbonyl (C=O) groups excluding carboxylic acids is 2. The first-order chi connectivity index (χ1) is 16.2. The minimum atomic E-state index is -0.391. The highest BCUT2D eigenvalue weighted by atomic mass is 16.2. The molecule has 2 amide bonds. The van der Waals surface area contributed by atoms with Crippen molar-refractivity contribution in [2.24, 2.45) is 5.92 Å². The third kappa shape index (κ3) is 4.48. The molecule has 5 rings (SSSR count). The van der Waals surface area contributed by atoms with Gasteiger partial charge in [0.2, 0.25) is 11.8 Å². The highest BCUT2D eigenvalue weighted by molar-refractivity contribution is 5.99. The maximum atomic E-state index is 13.7. The number of amides is 2. The van der Waals surface area contributed by atoms with Crippen molar-refractivity contribution >= 4 is 28.4 Å². The Morgan fingerprint density at radius 2 is 1.67 bits per heavy atom. The number of hydrogen-bond acceptors (Lipinski definition) is 3. The molecular weight excluding hydrogens is 410 g/mol. The molecule has 0 spiro atoms. The maximum absolute atomic E-state index is 13.7. The fourth-order valence-electron chi connectivity index (χ4n) is 4.50. The summed E-state index contributed by atoms with van der Waals surface area (Å²) in [6.45, 7) is 1.35. The van der Waals surface area contributed by atoms with E-state index in [0.717, 1.165) is 21.9 Å². The fraction of sp³-hybridized carbons (Fsp3) is 0.179. The van der Waals surface area contributed by atoms with Crippen molar-refractivity contribution in [2.75, 3.05) is 11.4 Å². The summed E-state index contributed by atoms with van der Waals surface area (Å²) in [5, 5.41) is 2.25. The Hall–Kier alpha value is -3.99. The topological polar surface area (TPSA) is 53.5 Å². The Bertz CT molecular complexity index is 1270. The van der Waals surface area contributed by atoms with Crippen molar-refractivity contribution in [1.29, 1.82) is 0 Å². The number of aromatic nitrogens is 1. The second kappa shape index (κ2) is 9.25. The molecule has 0 radical (unpaired) electrons. The Morgan fingerprint density at radius 3 is 2.48 bits per heavy atom. The van der Waals surface area contributed by atoms with Gasteiger partial charge in [-0.15, -0.1) is 0 Å². The first kappa shape index (κ1) is 20.9. The number of carbonyl (C=O) groups is 2. The summed E-state index contributed by atoms with van der Waals surface area (Å²) >= 11 is 0. The van der Waals surface area contributed by atoms with Gasteiger partial charge in [0.15, 0.2) is 0 Å². The van der Waals surface area contributed by atoms with Crippen molar-refractivity contribution < 1.29 is 9.59 Å². The molecule has 5 heteroatoms. The molecule has 1 atom stereocenters. The van der Waals surface area contributed by atoms with Gasteiger partial charge >= 0.3 is 0 Å². The van der Waals surface area contributed by atoms with Gasteiger partial charge in [-0.2, -0.15) is 0 Å². The lowest BCUT2D eigenvalue weighted by Gasteiger charge is -2.25. The molecule has 1 saturated heterocycles. The number of pyridine rings is 1. The molecule has 164 valence electrons. The first-order valence-electron chi connectivity index (χ1n) is 11.2. The lowest BCUT2D eigenvalue weighted by Crippen LogP contribution is -2.37. The molecule has 0 saturated carbocycles. The summed E-state index contributed by atoms with van der Waals surface area (Å²) in [4.78, 5) is 34.4. The number of hydrogen-bond donors (Lipinski definition) is 0. The standard InChI is InChI=1S/C28H25N3O2/c32-27-17-24(19-30(27)18-21-9-2-1-3-10-21)28(33)31(26-15-6-7-16-29-26)20-23-13-8-12-22-11-4-5-14-25(22)23/h1-16,24H,17-20H2/t24-/m1/s1. The van der Waals surface area contributed by atoms with Crippen LogP contribution in [0.4, 0.5) is 5.82 Å². The summed E-state index contributed by atoms with van der Waals surface area (Å²) in [6, 6.07) is 29.8. The molecule has 33 heavy (non-hydrogen) atoms. The average molecular weight is 436 g/mol. The van der Waals surface area contributed by atoms with Crippen LogP contribution in [0.5, 0.6) is 0 Å². The molecule has 2 heterocycles. The van der Waals surface area contributed by atoms with E-state index in [1.807, 2.05) is 72.8 Å². The van der Waals surface area contributed by atoms with Crippen LogP contribution in [0.15, 0.2) is 97.2 Å². The van der Waals surface area contributed by atoms with Crippen molar-refractivity contribution in [3.8, 4) is 0 Å². The van der Waals surface area contributed by atoms with E-state index in [2.05, 4.69) is 23.2 Å². The van der Waals surface area contributed by atoms with Crippen LogP contribution in [0.3, 0.4) is 0 Å². The van der Waals surface area contributed by atoms with Gasteiger partial charge in [0.05, 0.1) is 12.5 Å². The molecule has 1 aromatic heterocycles. The van der Waals surface area contributed by atoms with Crippen LogP contribution in [0, 0.1) is 5.92 Å². The Balaban J connectivity index is 1.41. The van der Waals surface area contributed by atoms with Gasteiger partial charge < -0.3 is 4.90 Å². The minimum Gasteiger partial charge on any atom is -0.338 e. The van der Waals surface area contributed by atoms with E-state index in [1.165, 1.54) is 0 Å². The van der Waals surface area contributed by atoms with Gasteiger partial charge in [-0.1, -0.05) is 78.9 Å². The van der Waals surface area contributed by atoms with Crippen LogP contribution in [-0.2, 0) is 22.7 Å². The molecule has 5 nitrogen and oxygen atoms in total. The summed E-state index contributed by atoms with van der Waals surface area (Å²) in [5.41, 5.74) is 2.12. The minimum absolute atomic E-state index is 0.0170. The Labute approximate surface area is 193 Å². The van der Waals surface area contributed by atoms with Crippen LogP contribution in [0.25, 0.3) is 10.8 Å². The molecule has 4 aromatic rings. The largest absolute Gasteiger partial charge is 0.338 e. The lowest BCUT2D eigenvalue weighted by molar-refractivity contribution is -0.128. The van der Waals surface area contributed by atoms with E-state index >= 15 is 0 Å². The average Bonchev–Trinajstić information content (AvgIpc) is 3.23. The Kier molecular flexibility index (Phi) is 5.85. The van der Waals surface area contributed by atoms with Crippen molar-refractivity contribution in [2.45, 2.75) is 19.5 Å². The fourth-order valence-corrected chi connectivity index (χ4v) is 4.50. The second-order valence-corrected chi connectivity index (χ2v) is 8.41. The Morgan fingerprint density at radius 1 is 0.909 bits per heavy atom. The molecule has 0 unspecified atom stereocenters. The zero-order chi connectivity index (χ0) is 22.6. The summed E-state index contributed by atoms with van der Waals surface area (Å²) in [7, 11) is 0. The van der Waals surface area contributed by atoms with Crippen LogP contribution < -0.4 is 4.90 Å². The molecule has 0 N–H and O–H groups in total. The van der Waals surface area contributed by atoms with E-state index in [4.69, 9.17) is 0 Å². The highest BCUT2D eigenvalue weighted by Crippen LogP contribution is 2.27. The van der Waals surface area contributed by atoms with E-state index in [9.17, 15) is 9.59 Å². The quantitative estimate of drug-likeness (QED) is 0.436. The molecular formula is C28H25N3O2. The van der Waals surface area contributed by atoms with Crippen LogP contribution in [-0.4, -0.2) is 28.2 Å². The molecule has 3 aromatic carbocycles. The number of rotatable bonds is 6. The monoisotopic (exact) mass is 435 g/mol. The second-order valence-electron chi connectivity index (χ2n) is 8.41. The smallest absolute Gasteiger partial charge is 0.233 e. The molecule has 1 aliphatic rings. The number of nitrogens with zero attached hydrogens (tertiary/aromatic N) is 3. The predicted octanol–water partition coefficient (Wildman–Crippen LogP) is 4.82. The molecule has 1 aliphatic heterocycles. The van der Waals surface area contributed by atoms with Crippen LogP contribution in [0.1, 0.15) is 17.5 Å². The highest BCUT2D eigenvalue weighted by Gasteiger charge is 2.37. The SMILES string of the molecule is O=C1C[C@@H](C(=O)N(Cc2cccc3ccccc23)c2ccccn2)CN1Cc1ccccc1. The molecule has 1 fully saturated rings. The maximum Gasteiger partial charge on any atom is 0.233 e. The van der Waals surface area contributed by atoms with Gasteiger partial charge in [0.1, 0.15) is 5.82 Å². The van der Waals surface area contributed by atoms with Gasteiger partial charge in [-0.25, -0.2) is 4.98 Å². The van der Waals surface area contributed by atoms with Crippen molar-refractivity contribution in [1.82, 2.24) is 9.88 Å². The van der Waals surface area contributed by atoms with E-state index < -0.39 is 5.92 Å². The van der Waals surface area contributed by atoms with E-state index in [-0.39, 0.29) is 18.2 Å². The van der Waals surface area contributed by atoms with Gasteiger partial charge in [-0.3, -0.25) is 14.5 Å².